The molecular weight excluding hydrogens is 548 g/mol. The van der Waals surface area contributed by atoms with E-state index in [-0.39, 0.29) is 24.5 Å². The highest BCUT2D eigenvalue weighted by atomic mass is 16.5. The number of fused-ring (bicyclic) bond motifs is 6. The Labute approximate surface area is 251 Å². The van der Waals surface area contributed by atoms with Gasteiger partial charge in [0.1, 0.15) is 30.6 Å². The summed E-state index contributed by atoms with van der Waals surface area (Å²) in [5, 5.41) is 9.70. The van der Waals surface area contributed by atoms with E-state index in [4.69, 9.17) is 9.47 Å². The van der Waals surface area contributed by atoms with Crippen molar-refractivity contribution in [3.05, 3.63) is 60.4 Å². The number of methoxy groups -OCH3 is 1. The molecule has 2 amide bonds. The predicted molar refractivity (Wildman–Crippen MR) is 163 cm³/mol. The summed E-state index contributed by atoms with van der Waals surface area (Å²) in [4.78, 5) is 41.2. The van der Waals surface area contributed by atoms with Gasteiger partial charge in [0, 0.05) is 62.3 Å². The zero-order valence-electron chi connectivity index (χ0n) is 24.6. The van der Waals surface area contributed by atoms with Gasteiger partial charge in [-0.25, -0.2) is 9.97 Å². The SMILES string of the molecule is COc1ccc2cc1OCCN1C(=O)C(CC1C)NC(=O)CN1CCN(CC1)Cc1cccc(c1)Nc1cc(ncn1)N2. The van der Waals surface area contributed by atoms with Crippen molar-refractivity contribution in [3.8, 4) is 11.5 Å². The fraction of sp³-hybridized carbons (Fsp3) is 0.419. The number of nitrogens with zero attached hydrogens (tertiary/aromatic N) is 5. The minimum absolute atomic E-state index is 0.00234. The van der Waals surface area contributed by atoms with Crippen molar-refractivity contribution < 1.29 is 19.1 Å². The number of piperazine rings is 1. The first-order chi connectivity index (χ1) is 20.9. The summed E-state index contributed by atoms with van der Waals surface area (Å²) >= 11 is 0. The van der Waals surface area contributed by atoms with Gasteiger partial charge >= 0.3 is 0 Å². The normalized spacial score (nSPS) is 24.5. The maximum absolute atomic E-state index is 13.2. The molecule has 5 heterocycles. The first-order valence-corrected chi connectivity index (χ1v) is 14.7. The zero-order valence-corrected chi connectivity index (χ0v) is 24.6. The van der Waals surface area contributed by atoms with Crippen molar-refractivity contribution in [2.45, 2.75) is 32.0 Å². The number of anilines is 4. The molecule has 2 unspecified atom stereocenters. The Balaban J connectivity index is 1.24. The maximum atomic E-state index is 13.2. The van der Waals surface area contributed by atoms with E-state index in [0.717, 1.165) is 44.1 Å². The van der Waals surface area contributed by atoms with Gasteiger partial charge in [-0.3, -0.25) is 19.4 Å². The number of hydrogen-bond acceptors (Lipinski definition) is 10. The third-order valence-corrected chi connectivity index (χ3v) is 8.16. The van der Waals surface area contributed by atoms with Crippen molar-refractivity contribution in [2.75, 3.05) is 63.6 Å². The second kappa shape index (κ2) is 12.8. The summed E-state index contributed by atoms with van der Waals surface area (Å²) in [5.41, 5.74) is 2.90. The van der Waals surface area contributed by atoms with E-state index in [0.29, 0.717) is 42.6 Å². The molecule has 10 bridgehead atoms. The average Bonchev–Trinajstić information content (AvgIpc) is 3.25. The van der Waals surface area contributed by atoms with Crippen LogP contribution >= 0.6 is 0 Å². The number of nitrogens with one attached hydrogen (secondary N) is 3. The highest BCUT2D eigenvalue weighted by Crippen LogP contribution is 2.32. The van der Waals surface area contributed by atoms with Crippen LogP contribution in [-0.4, -0.2) is 102 Å². The second-order valence-corrected chi connectivity index (χ2v) is 11.2. The van der Waals surface area contributed by atoms with Crippen LogP contribution in [0.2, 0.25) is 0 Å². The Morgan fingerprint density at radius 3 is 2.35 bits per heavy atom. The quantitative estimate of drug-likeness (QED) is 0.392. The fourth-order valence-corrected chi connectivity index (χ4v) is 5.90. The molecule has 2 saturated heterocycles. The summed E-state index contributed by atoms with van der Waals surface area (Å²) in [6.07, 6.45) is 2.10. The van der Waals surface area contributed by atoms with Gasteiger partial charge in [0.25, 0.3) is 0 Å². The van der Waals surface area contributed by atoms with Crippen LogP contribution in [0.15, 0.2) is 54.9 Å². The van der Waals surface area contributed by atoms with E-state index in [1.54, 1.807) is 12.0 Å². The monoisotopic (exact) mass is 586 g/mol. The van der Waals surface area contributed by atoms with Crippen LogP contribution in [0.1, 0.15) is 18.9 Å². The van der Waals surface area contributed by atoms with Gasteiger partial charge in [0.2, 0.25) is 11.8 Å². The van der Waals surface area contributed by atoms with Crippen molar-refractivity contribution in [3.63, 3.8) is 0 Å². The molecule has 4 aliphatic heterocycles. The Bertz CT molecular complexity index is 1460. The van der Waals surface area contributed by atoms with Gasteiger partial charge in [0.05, 0.1) is 20.2 Å². The van der Waals surface area contributed by atoms with Crippen LogP contribution in [0.25, 0.3) is 0 Å². The lowest BCUT2D eigenvalue weighted by atomic mass is 10.1. The molecule has 0 saturated carbocycles. The van der Waals surface area contributed by atoms with Crippen molar-refractivity contribution in [2.24, 2.45) is 0 Å². The Morgan fingerprint density at radius 1 is 0.884 bits per heavy atom. The standard InChI is InChI=1S/C31H38N8O4/c1-21-14-25-31(41)39(21)12-13-43-27-16-24(6-7-26(27)42-2)35-29-17-28(32-20-33-29)34-23-5-3-4-22(15-23)18-37-8-10-38(11-9-37)19-30(40)36-25/h3-7,15-17,20-21,25H,8-14,18-19H2,1-2H3,(H,36,40)(H2,32,33,34,35). The van der Waals surface area contributed by atoms with Crippen LogP contribution in [0.5, 0.6) is 11.5 Å². The van der Waals surface area contributed by atoms with E-state index in [2.05, 4.69) is 47.9 Å². The summed E-state index contributed by atoms with van der Waals surface area (Å²) < 4.78 is 11.6. The number of carbonyl (C=O) groups is 2. The third kappa shape index (κ3) is 6.98. The molecule has 3 N–H and O–H groups in total. The van der Waals surface area contributed by atoms with Gasteiger partial charge in [-0.2, -0.15) is 0 Å². The van der Waals surface area contributed by atoms with E-state index in [1.807, 2.05) is 43.3 Å². The Morgan fingerprint density at radius 2 is 1.60 bits per heavy atom. The lowest BCUT2D eigenvalue weighted by molar-refractivity contribution is -0.134. The molecule has 2 fully saturated rings. The Kier molecular flexibility index (Phi) is 8.57. The molecule has 7 rings (SSSR count). The minimum atomic E-state index is -0.515. The second-order valence-electron chi connectivity index (χ2n) is 11.2. The number of carbonyl (C=O) groups excluding carboxylic acids is 2. The minimum Gasteiger partial charge on any atom is -0.493 e. The molecule has 4 aliphatic rings. The fourth-order valence-electron chi connectivity index (χ4n) is 5.90. The van der Waals surface area contributed by atoms with Crippen LogP contribution in [0.4, 0.5) is 23.0 Å². The molecule has 226 valence electrons. The van der Waals surface area contributed by atoms with E-state index in [9.17, 15) is 9.59 Å². The smallest absolute Gasteiger partial charge is 0.245 e. The maximum Gasteiger partial charge on any atom is 0.245 e. The van der Waals surface area contributed by atoms with E-state index >= 15 is 0 Å². The van der Waals surface area contributed by atoms with Gasteiger partial charge < -0.3 is 30.3 Å². The summed E-state index contributed by atoms with van der Waals surface area (Å²) in [6, 6.07) is 15.2. The van der Waals surface area contributed by atoms with Gasteiger partial charge in [0.15, 0.2) is 11.5 Å². The van der Waals surface area contributed by atoms with E-state index < -0.39 is 6.04 Å². The first-order valence-electron chi connectivity index (χ1n) is 14.7. The highest BCUT2D eigenvalue weighted by Gasteiger charge is 2.38. The van der Waals surface area contributed by atoms with Crippen LogP contribution < -0.4 is 25.4 Å². The topological polar surface area (TPSA) is 124 Å². The lowest BCUT2D eigenvalue weighted by Crippen LogP contribution is -2.51. The number of amides is 2. The molecule has 1 aromatic heterocycles. The first kappa shape index (κ1) is 28.7. The number of benzene rings is 2. The van der Waals surface area contributed by atoms with Crippen LogP contribution in [0, 0.1) is 0 Å². The molecular formula is C31H38N8O4. The summed E-state index contributed by atoms with van der Waals surface area (Å²) in [5.74, 6) is 2.24. The highest BCUT2D eigenvalue weighted by molar-refractivity contribution is 5.90. The summed E-state index contributed by atoms with van der Waals surface area (Å²) in [6.45, 7) is 7.12. The average molecular weight is 587 g/mol. The van der Waals surface area contributed by atoms with Crippen molar-refractivity contribution in [1.29, 1.82) is 0 Å². The molecule has 0 spiro atoms. The Hall–Kier alpha value is -4.42. The molecule has 43 heavy (non-hydrogen) atoms. The lowest BCUT2D eigenvalue weighted by Gasteiger charge is -2.34. The van der Waals surface area contributed by atoms with Gasteiger partial charge in [-0.15, -0.1) is 0 Å². The van der Waals surface area contributed by atoms with Crippen molar-refractivity contribution >= 4 is 34.8 Å². The molecule has 2 aromatic carbocycles. The molecule has 0 radical (unpaired) electrons. The third-order valence-electron chi connectivity index (χ3n) is 8.16. The number of aromatic nitrogens is 2. The summed E-state index contributed by atoms with van der Waals surface area (Å²) in [7, 11) is 1.59. The zero-order chi connectivity index (χ0) is 29.8. The van der Waals surface area contributed by atoms with E-state index in [1.165, 1.54) is 11.9 Å². The van der Waals surface area contributed by atoms with Gasteiger partial charge in [-0.1, -0.05) is 12.1 Å². The number of rotatable bonds is 1. The van der Waals surface area contributed by atoms with Crippen LogP contribution in [-0.2, 0) is 16.1 Å². The number of hydrogen-bond donors (Lipinski definition) is 3. The predicted octanol–water partition coefficient (Wildman–Crippen LogP) is 2.59. The molecule has 12 heteroatoms. The van der Waals surface area contributed by atoms with Gasteiger partial charge in [-0.05, 0) is 43.2 Å². The largest absolute Gasteiger partial charge is 0.493 e. The molecule has 0 aliphatic carbocycles. The van der Waals surface area contributed by atoms with Crippen molar-refractivity contribution in [1.82, 2.24) is 30.0 Å². The molecule has 2 atom stereocenters. The molecule has 3 aromatic rings. The van der Waals surface area contributed by atoms with Crippen LogP contribution in [0.3, 0.4) is 0 Å². The number of ether oxygens (including phenoxy) is 2. The molecule has 12 nitrogen and oxygen atoms in total.